The van der Waals surface area contributed by atoms with Crippen molar-refractivity contribution in [2.45, 2.75) is 89.2 Å². The van der Waals surface area contributed by atoms with Crippen LogP contribution in [0.4, 0.5) is 5.69 Å². The second-order valence-corrected chi connectivity index (χ2v) is 16.0. The molecule has 6 rings (SSSR count). The highest BCUT2D eigenvalue weighted by molar-refractivity contribution is 7.90. The fourth-order valence-corrected chi connectivity index (χ4v) is 9.73. The minimum Gasteiger partial charge on any atom is -0.490 e. The molecule has 1 saturated carbocycles. The minimum atomic E-state index is -3.82. The third-order valence-corrected chi connectivity index (χ3v) is 13.3. The van der Waals surface area contributed by atoms with E-state index in [1.807, 2.05) is 25.1 Å². The standard InChI is InChI=1S/C34H45ClN2O4S/c1-4-24-8-5-7-22(2)23(3)42(39,40)36-33(38)26-11-15-32-31(18-26)37(19-27-10-13-29(24)27)20-34(21-41-32)16-6-9-25-17-28(35)12-14-30(25)34/h11-12,14-15,17-18,22-24,27,29H,4-10,13,16,19-21H2,1-3H3,(H,36,38)/t22-,23+,24-,27-,29-,34-/m0/s1. The summed E-state index contributed by atoms with van der Waals surface area (Å²) in [5.74, 6) is 2.07. The maximum atomic E-state index is 13.4. The Balaban J connectivity index is 1.42. The fourth-order valence-electron chi connectivity index (χ4n) is 8.23. The summed E-state index contributed by atoms with van der Waals surface area (Å²) in [5, 5.41) is 0.122. The number of benzene rings is 2. The van der Waals surface area contributed by atoms with Gasteiger partial charge in [-0.1, -0.05) is 50.8 Å². The average molecular weight is 613 g/mol. The molecular formula is C34H45ClN2O4S. The van der Waals surface area contributed by atoms with E-state index in [2.05, 4.69) is 28.7 Å². The van der Waals surface area contributed by atoms with Crippen molar-refractivity contribution < 1.29 is 17.9 Å². The first-order valence-corrected chi connectivity index (χ1v) is 17.9. The fraction of sp³-hybridized carbons (Fsp3) is 0.618. The Morgan fingerprint density at radius 3 is 2.67 bits per heavy atom. The molecule has 4 aliphatic rings. The highest BCUT2D eigenvalue weighted by atomic mass is 35.5. The third-order valence-electron chi connectivity index (χ3n) is 11.1. The van der Waals surface area contributed by atoms with Gasteiger partial charge in [0.15, 0.2) is 0 Å². The Bertz CT molecular complexity index is 1450. The van der Waals surface area contributed by atoms with Crippen LogP contribution in [0, 0.1) is 23.7 Å². The summed E-state index contributed by atoms with van der Waals surface area (Å²) in [4.78, 5) is 15.9. The van der Waals surface area contributed by atoms with Crippen molar-refractivity contribution in [3.05, 3.63) is 58.1 Å². The van der Waals surface area contributed by atoms with Gasteiger partial charge in [-0.25, -0.2) is 13.1 Å². The number of ether oxygens (including phenoxy) is 1. The first-order chi connectivity index (χ1) is 20.1. The number of amides is 1. The number of fused-ring (bicyclic) bond motifs is 4. The van der Waals surface area contributed by atoms with Crippen LogP contribution in [-0.4, -0.2) is 39.3 Å². The number of sulfonamides is 1. The third kappa shape index (κ3) is 5.56. The van der Waals surface area contributed by atoms with E-state index in [9.17, 15) is 13.2 Å². The predicted molar refractivity (Wildman–Crippen MR) is 169 cm³/mol. The van der Waals surface area contributed by atoms with Crippen molar-refractivity contribution in [3.8, 4) is 5.75 Å². The van der Waals surface area contributed by atoms with Gasteiger partial charge in [-0.3, -0.25) is 4.79 Å². The maximum absolute atomic E-state index is 13.4. The molecule has 0 aromatic heterocycles. The molecule has 2 heterocycles. The van der Waals surface area contributed by atoms with Crippen LogP contribution in [0.5, 0.6) is 5.75 Å². The van der Waals surface area contributed by atoms with Crippen molar-refractivity contribution >= 4 is 33.2 Å². The van der Waals surface area contributed by atoms with E-state index >= 15 is 0 Å². The van der Waals surface area contributed by atoms with Gasteiger partial charge in [-0.15, -0.1) is 0 Å². The van der Waals surface area contributed by atoms with Crippen LogP contribution >= 0.6 is 11.6 Å². The van der Waals surface area contributed by atoms with Gasteiger partial charge in [0.1, 0.15) is 5.75 Å². The van der Waals surface area contributed by atoms with E-state index in [-0.39, 0.29) is 11.3 Å². The van der Waals surface area contributed by atoms with E-state index in [4.69, 9.17) is 16.3 Å². The first kappa shape index (κ1) is 29.8. The first-order valence-electron chi connectivity index (χ1n) is 16.0. The zero-order valence-corrected chi connectivity index (χ0v) is 26.8. The lowest BCUT2D eigenvalue weighted by atomic mass is 9.64. The van der Waals surface area contributed by atoms with E-state index in [1.165, 1.54) is 24.0 Å². The van der Waals surface area contributed by atoms with E-state index in [0.29, 0.717) is 29.9 Å². The summed E-state index contributed by atoms with van der Waals surface area (Å²) >= 11 is 6.42. The Morgan fingerprint density at radius 1 is 1.07 bits per heavy atom. The molecule has 8 heteroatoms. The molecule has 6 nitrogen and oxygen atoms in total. The molecule has 2 aromatic carbocycles. The maximum Gasteiger partial charge on any atom is 0.264 e. The molecular weight excluding hydrogens is 568 g/mol. The Hall–Kier alpha value is -2.25. The quantitative estimate of drug-likeness (QED) is 0.371. The van der Waals surface area contributed by atoms with Gasteiger partial charge in [0.05, 0.1) is 17.5 Å². The highest BCUT2D eigenvalue weighted by Gasteiger charge is 2.44. The minimum absolute atomic E-state index is 0.0294. The molecule has 42 heavy (non-hydrogen) atoms. The molecule has 2 aliphatic carbocycles. The molecule has 2 aliphatic heterocycles. The number of hydrogen-bond acceptors (Lipinski definition) is 5. The predicted octanol–water partition coefficient (Wildman–Crippen LogP) is 7.13. The number of carbonyl (C=O) groups excluding carboxylic acids is 1. The van der Waals surface area contributed by atoms with E-state index in [1.54, 1.807) is 13.0 Å². The molecule has 2 bridgehead atoms. The molecule has 1 spiro atoms. The lowest BCUT2D eigenvalue weighted by Crippen LogP contribution is -2.49. The summed E-state index contributed by atoms with van der Waals surface area (Å²) in [6.45, 7) is 8.31. The van der Waals surface area contributed by atoms with E-state index < -0.39 is 21.2 Å². The summed E-state index contributed by atoms with van der Waals surface area (Å²) in [6, 6.07) is 11.7. The van der Waals surface area contributed by atoms with Gasteiger partial charge in [-0.05, 0) is 111 Å². The van der Waals surface area contributed by atoms with Gasteiger partial charge >= 0.3 is 0 Å². The SMILES string of the molecule is CC[C@H]1CCC[C@H](C)[C@@H](C)S(=O)(=O)NC(=O)c2ccc3c(c2)N(C[C@@H]2CC[C@@H]12)C[C@@]1(CCCc2cc(Cl)ccc21)CO3. The molecule has 0 unspecified atom stereocenters. The number of nitrogens with one attached hydrogen (secondary N) is 1. The van der Waals surface area contributed by atoms with Crippen LogP contribution in [0.1, 0.15) is 93.6 Å². The van der Waals surface area contributed by atoms with E-state index in [0.717, 1.165) is 74.5 Å². The number of aryl methyl sites for hydroxylation is 1. The Morgan fingerprint density at radius 2 is 1.90 bits per heavy atom. The van der Waals surface area contributed by atoms with Crippen LogP contribution in [0.25, 0.3) is 0 Å². The lowest BCUT2D eigenvalue weighted by molar-refractivity contribution is 0.0951. The van der Waals surface area contributed by atoms with Crippen LogP contribution in [0.3, 0.4) is 0 Å². The van der Waals surface area contributed by atoms with Crippen molar-refractivity contribution in [2.24, 2.45) is 23.7 Å². The Labute approximate surface area is 256 Å². The molecule has 1 N–H and O–H groups in total. The van der Waals surface area contributed by atoms with Gasteiger partial charge in [0.25, 0.3) is 5.91 Å². The van der Waals surface area contributed by atoms with Crippen molar-refractivity contribution in [1.29, 1.82) is 0 Å². The number of carbonyl (C=O) groups is 1. The highest BCUT2D eigenvalue weighted by Crippen LogP contribution is 2.48. The second kappa shape index (κ2) is 11.7. The molecule has 1 fully saturated rings. The average Bonchev–Trinajstić information content (AvgIpc) is 3.10. The number of anilines is 1. The summed E-state index contributed by atoms with van der Waals surface area (Å²) < 4.78 is 35.5. The summed E-state index contributed by atoms with van der Waals surface area (Å²) in [5.41, 5.74) is 3.69. The summed E-state index contributed by atoms with van der Waals surface area (Å²) in [7, 11) is -3.82. The lowest BCUT2D eigenvalue weighted by Gasteiger charge is -2.47. The van der Waals surface area contributed by atoms with Crippen LogP contribution in [-0.2, 0) is 21.9 Å². The number of halogens is 1. The topological polar surface area (TPSA) is 75.7 Å². The number of hydrogen-bond donors (Lipinski definition) is 1. The normalized spacial score (nSPS) is 32.9. The van der Waals surface area contributed by atoms with Gasteiger partial charge in [-0.2, -0.15) is 0 Å². The summed E-state index contributed by atoms with van der Waals surface area (Å²) in [6.07, 6.45) is 9.74. The monoisotopic (exact) mass is 612 g/mol. The zero-order valence-electron chi connectivity index (χ0n) is 25.2. The second-order valence-electron chi connectivity index (χ2n) is 13.5. The van der Waals surface area contributed by atoms with Crippen molar-refractivity contribution in [3.63, 3.8) is 0 Å². The Kier molecular flexibility index (Phi) is 8.29. The molecule has 228 valence electrons. The van der Waals surface area contributed by atoms with Crippen LogP contribution in [0.15, 0.2) is 36.4 Å². The van der Waals surface area contributed by atoms with Gasteiger partial charge in [0, 0.05) is 29.1 Å². The molecule has 1 amide bonds. The van der Waals surface area contributed by atoms with Crippen molar-refractivity contribution in [2.75, 3.05) is 24.6 Å². The van der Waals surface area contributed by atoms with Crippen LogP contribution in [0.2, 0.25) is 5.02 Å². The molecule has 2 aromatic rings. The smallest absolute Gasteiger partial charge is 0.264 e. The van der Waals surface area contributed by atoms with Gasteiger partial charge in [0.2, 0.25) is 10.0 Å². The largest absolute Gasteiger partial charge is 0.490 e. The van der Waals surface area contributed by atoms with Gasteiger partial charge < -0.3 is 9.64 Å². The van der Waals surface area contributed by atoms with Crippen LogP contribution < -0.4 is 14.4 Å². The number of rotatable bonds is 1. The van der Waals surface area contributed by atoms with Crippen molar-refractivity contribution in [1.82, 2.24) is 4.72 Å². The molecule has 0 radical (unpaired) electrons. The molecule has 0 saturated heterocycles. The molecule has 6 atom stereocenters. The number of nitrogens with zero attached hydrogens (tertiary/aromatic N) is 1. The zero-order chi connectivity index (χ0) is 29.6.